The molecule has 3 fully saturated rings. The van der Waals surface area contributed by atoms with Gasteiger partial charge in [-0.2, -0.15) is 13.2 Å². The van der Waals surface area contributed by atoms with Crippen LogP contribution in [0.25, 0.3) is 0 Å². The Balaban J connectivity index is 1.31. The van der Waals surface area contributed by atoms with Gasteiger partial charge in [0, 0.05) is 36.9 Å². The van der Waals surface area contributed by atoms with Crippen LogP contribution in [0.15, 0.2) is 18.2 Å². The van der Waals surface area contributed by atoms with Crippen LogP contribution in [0.4, 0.5) is 26.7 Å². The third-order valence-corrected chi connectivity index (χ3v) is 6.31. The number of likely N-dealkylation sites (tertiary alicyclic amines) is 1. The van der Waals surface area contributed by atoms with E-state index >= 15 is 0 Å². The molecular weight excluding hydrogens is 435 g/mol. The summed E-state index contributed by atoms with van der Waals surface area (Å²) >= 11 is 5.49. The summed E-state index contributed by atoms with van der Waals surface area (Å²) in [5.74, 6) is -4.44. The van der Waals surface area contributed by atoms with E-state index in [-0.39, 0.29) is 31.5 Å². The number of rotatable bonds is 4. The summed E-state index contributed by atoms with van der Waals surface area (Å²) in [7, 11) is 0. The van der Waals surface area contributed by atoms with Gasteiger partial charge in [0.2, 0.25) is 5.91 Å². The number of alkyl carbamates (subject to hydrolysis) is 1. The molecule has 11 heteroatoms. The van der Waals surface area contributed by atoms with Crippen LogP contribution in [0.1, 0.15) is 30.4 Å². The zero-order chi connectivity index (χ0) is 21.9. The Kier molecular flexibility index (Phi) is 4.91. The maximum atomic E-state index is 14.6. The Bertz CT molecular complexity index is 879. The number of nitrogens with one attached hydrogen (secondary N) is 1. The van der Waals surface area contributed by atoms with Crippen molar-refractivity contribution in [2.24, 2.45) is 11.8 Å². The maximum absolute atomic E-state index is 14.6. The lowest BCUT2D eigenvalue weighted by atomic mass is 9.68. The van der Waals surface area contributed by atoms with Crippen molar-refractivity contribution in [3.05, 3.63) is 34.3 Å². The minimum atomic E-state index is -4.83. The number of halogens is 6. The average molecular weight is 453 g/mol. The van der Waals surface area contributed by atoms with Crippen LogP contribution in [0.5, 0.6) is 0 Å². The lowest BCUT2D eigenvalue weighted by molar-refractivity contribution is -0.151. The summed E-state index contributed by atoms with van der Waals surface area (Å²) in [6.07, 6.45) is -5.11. The zero-order valence-electron chi connectivity index (χ0n) is 15.6. The minimum Gasteiger partial charge on any atom is -0.447 e. The molecule has 2 heterocycles. The fourth-order valence-corrected chi connectivity index (χ4v) is 4.58. The third kappa shape index (κ3) is 3.81. The molecule has 2 aliphatic heterocycles. The summed E-state index contributed by atoms with van der Waals surface area (Å²) in [5, 5.41) is 2.05. The van der Waals surface area contributed by atoms with E-state index in [0.29, 0.717) is 18.9 Å². The van der Waals surface area contributed by atoms with Crippen molar-refractivity contribution in [1.29, 1.82) is 0 Å². The lowest BCUT2D eigenvalue weighted by Gasteiger charge is -2.48. The van der Waals surface area contributed by atoms with Gasteiger partial charge < -0.3 is 15.0 Å². The highest BCUT2D eigenvalue weighted by Gasteiger charge is 2.54. The quantitative estimate of drug-likeness (QED) is 0.697. The molecule has 2 saturated heterocycles. The van der Waals surface area contributed by atoms with Crippen LogP contribution >= 0.6 is 11.6 Å². The van der Waals surface area contributed by atoms with Crippen molar-refractivity contribution >= 4 is 23.6 Å². The van der Waals surface area contributed by atoms with Gasteiger partial charge in [-0.15, -0.1) is 0 Å². The molecule has 30 heavy (non-hydrogen) atoms. The highest BCUT2D eigenvalue weighted by Crippen LogP contribution is 2.44. The minimum absolute atomic E-state index is 0.125. The predicted molar refractivity (Wildman–Crippen MR) is 95.0 cm³/mol. The van der Waals surface area contributed by atoms with E-state index in [9.17, 15) is 31.5 Å². The molecule has 1 aliphatic carbocycles. The molecule has 1 saturated carbocycles. The molecular formula is C19H18ClF5N2O3. The second-order valence-corrected chi connectivity index (χ2v) is 8.70. The number of carbonyl (C=O) groups is 2. The van der Waals surface area contributed by atoms with Gasteiger partial charge in [-0.25, -0.2) is 13.6 Å². The second kappa shape index (κ2) is 6.96. The molecule has 2 amide bonds. The summed E-state index contributed by atoms with van der Waals surface area (Å²) in [5.41, 5.74) is -2.55. The number of amides is 2. The number of hydrogen-bond acceptors (Lipinski definition) is 3. The molecule has 1 N–H and O–H groups in total. The molecule has 0 atom stereocenters. The van der Waals surface area contributed by atoms with E-state index in [4.69, 9.17) is 16.3 Å². The Morgan fingerprint density at radius 1 is 1.23 bits per heavy atom. The Morgan fingerprint density at radius 2 is 1.90 bits per heavy atom. The fourth-order valence-electron chi connectivity index (χ4n) is 4.36. The van der Waals surface area contributed by atoms with E-state index in [0.717, 1.165) is 12.1 Å². The standard InChI is InChI=1S/C19H18ClF5N2O3/c20-14-2-1-12(3-13(14)19(23,24)25)18(21,22)4-10-7-27(8-10)15(28)11-5-17(6-11)9-30-16(29)26-17/h1-3,10-11H,4-9H2,(H,26,29). The molecule has 0 radical (unpaired) electrons. The maximum Gasteiger partial charge on any atom is 0.417 e. The van der Waals surface area contributed by atoms with Gasteiger partial charge in [-0.05, 0) is 25.0 Å². The van der Waals surface area contributed by atoms with Crippen molar-refractivity contribution in [3.63, 3.8) is 0 Å². The van der Waals surface area contributed by atoms with Gasteiger partial charge in [0.15, 0.2) is 0 Å². The van der Waals surface area contributed by atoms with Crippen LogP contribution in [0.2, 0.25) is 5.02 Å². The molecule has 0 unspecified atom stereocenters. The Labute approximate surface area is 173 Å². The summed E-state index contributed by atoms with van der Waals surface area (Å²) in [6.45, 7) is 0.465. The molecule has 5 nitrogen and oxygen atoms in total. The largest absolute Gasteiger partial charge is 0.447 e. The third-order valence-electron chi connectivity index (χ3n) is 5.98. The monoisotopic (exact) mass is 452 g/mol. The van der Waals surface area contributed by atoms with Gasteiger partial charge in [-0.1, -0.05) is 17.7 Å². The highest BCUT2D eigenvalue weighted by atomic mass is 35.5. The number of benzene rings is 1. The van der Waals surface area contributed by atoms with Crippen molar-refractivity contribution in [1.82, 2.24) is 10.2 Å². The molecule has 4 rings (SSSR count). The summed E-state index contributed by atoms with van der Waals surface area (Å²) in [4.78, 5) is 25.1. The summed E-state index contributed by atoms with van der Waals surface area (Å²) < 4.78 is 72.8. The molecule has 1 aromatic rings. The van der Waals surface area contributed by atoms with Gasteiger partial charge >= 0.3 is 12.3 Å². The highest BCUT2D eigenvalue weighted by molar-refractivity contribution is 6.31. The van der Waals surface area contributed by atoms with Crippen LogP contribution in [0.3, 0.4) is 0 Å². The first-order chi connectivity index (χ1) is 13.9. The second-order valence-electron chi connectivity index (χ2n) is 8.30. The first-order valence-corrected chi connectivity index (χ1v) is 9.75. The van der Waals surface area contributed by atoms with Gasteiger partial charge in [-0.3, -0.25) is 4.79 Å². The Hall–Kier alpha value is -2.10. The van der Waals surface area contributed by atoms with Gasteiger partial charge in [0.25, 0.3) is 5.92 Å². The van der Waals surface area contributed by atoms with Crippen molar-refractivity contribution in [2.45, 2.75) is 36.9 Å². The van der Waals surface area contributed by atoms with Crippen LogP contribution < -0.4 is 5.32 Å². The van der Waals surface area contributed by atoms with Crippen molar-refractivity contribution in [3.8, 4) is 0 Å². The fraction of sp³-hybridized carbons (Fsp3) is 0.579. The molecule has 0 bridgehead atoms. The van der Waals surface area contributed by atoms with E-state index < -0.39 is 52.2 Å². The smallest absolute Gasteiger partial charge is 0.417 e. The van der Waals surface area contributed by atoms with Crippen LogP contribution in [-0.2, 0) is 21.6 Å². The number of nitrogens with zero attached hydrogens (tertiary/aromatic N) is 1. The topological polar surface area (TPSA) is 58.6 Å². The van der Waals surface area contributed by atoms with E-state index in [1.165, 1.54) is 4.90 Å². The molecule has 1 spiro atoms. The number of carbonyl (C=O) groups excluding carboxylic acids is 2. The van der Waals surface area contributed by atoms with Gasteiger partial charge in [0.05, 0.1) is 16.1 Å². The zero-order valence-corrected chi connectivity index (χ0v) is 16.3. The lowest BCUT2D eigenvalue weighted by Crippen LogP contribution is -2.61. The van der Waals surface area contributed by atoms with Crippen molar-refractivity contribution < 1.29 is 36.3 Å². The van der Waals surface area contributed by atoms with Gasteiger partial charge in [0.1, 0.15) is 6.61 Å². The predicted octanol–water partition coefficient (Wildman–Crippen LogP) is 4.19. The van der Waals surface area contributed by atoms with Crippen LogP contribution in [-0.4, -0.2) is 42.1 Å². The number of hydrogen-bond donors (Lipinski definition) is 1. The van der Waals surface area contributed by atoms with E-state index in [1.54, 1.807) is 0 Å². The molecule has 0 aromatic heterocycles. The Morgan fingerprint density at radius 3 is 2.47 bits per heavy atom. The first kappa shape index (κ1) is 21.1. The SMILES string of the molecule is O=C1NC2(CO1)CC(C(=O)N1CC(CC(F)(F)c3ccc(Cl)c(C(F)(F)F)c3)C1)C2. The summed E-state index contributed by atoms with van der Waals surface area (Å²) in [6, 6.07) is 2.10. The number of alkyl halides is 5. The molecule has 1 aromatic carbocycles. The number of cyclic esters (lactones) is 1. The normalized spacial score (nSPS) is 26.8. The van der Waals surface area contributed by atoms with Crippen LogP contribution in [0, 0.1) is 11.8 Å². The molecule has 164 valence electrons. The van der Waals surface area contributed by atoms with E-state index in [1.807, 2.05) is 0 Å². The average Bonchev–Trinajstić information content (AvgIpc) is 2.97. The first-order valence-electron chi connectivity index (χ1n) is 9.37. The van der Waals surface area contributed by atoms with E-state index in [2.05, 4.69) is 5.32 Å². The molecule has 3 aliphatic rings. The number of ether oxygens (including phenoxy) is 1. The van der Waals surface area contributed by atoms with Crippen molar-refractivity contribution in [2.75, 3.05) is 19.7 Å².